The summed E-state index contributed by atoms with van der Waals surface area (Å²) in [5.74, 6) is 1.36. The molecule has 2 aliphatic rings. The predicted octanol–water partition coefficient (Wildman–Crippen LogP) is 5.07. The highest BCUT2D eigenvalue weighted by Gasteiger charge is 2.21. The smallest absolute Gasteiger partial charge is 0.126 e. The van der Waals surface area contributed by atoms with Gasteiger partial charge in [0.05, 0.1) is 44.9 Å². The fourth-order valence-corrected chi connectivity index (χ4v) is 6.67. The third kappa shape index (κ3) is 4.58. The van der Waals surface area contributed by atoms with E-state index in [0.29, 0.717) is 64.2 Å². The zero-order chi connectivity index (χ0) is 22.1. The Hall–Kier alpha value is -2.29. The highest BCUT2D eigenvalue weighted by molar-refractivity contribution is 7.93. The quantitative estimate of drug-likeness (QED) is 0.514. The van der Waals surface area contributed by atoms with Gasteiger partial charge in [-0.05, 0) is 31.0 Å². The number of nitrogens with zero attached hydrogens (tertiary/aromatic N) is 3. The van der Waals surface area contributed by atoms with E-state index >= 15 is 0 Å². The molecule has 2 fully saturated rings. The molecule has 0 bridgehead atoms. The topological polar surface area (TPSA) is 73.7 Å². The molecule has 0 spiro atoms. The summed E-state index contributed by atoms with van der Waals surface area (Å²) < 4.78 is 42.6. The van der Waals surface area contributed by atoms with Crippen molar-refractivity contribution < 1.29 is 18.1 Å². The number of aromatic nitrogens is 2. The van der Waals surface area contributed by atoms with Crippen LogP contribution in [0.1, 0.15) is 30.5 Å². The first kappa shape index (κ1) is 21.6. The molecule has 6 nitrogen and oxygen atoms in total. The molecule has 32 heavy (non-hydrogen) atoms. The largest absolute Gasteiger partial charge is 0.488 e. The van der Waals surface area contributed by atoms with Crippen molar-refractivity contribution >= 4 is 37.9 Å². The molecule has 2 saturated heterocycles. The Balaban J connectivity index is 1.51. The summed E-state index contributed by atoms with van der Waals surface area (Å²) in [4.78, 5) is 8.81. The third-order valence-corrected chi connectivity index (χ3v) is 8.46. The number of ether oxygens (including phenoxy) is 2. The Bertz CT molecular complexity index is 1270. The molecule has 0 radical (unpaired) electrons. The summed E-state index contributed by atoms with van der Waals surface area (Å²) in [6.45, 7) is 1.13. The number of halogens is 2. The van der Waals surface area contributed by atoms with Crippen LogP contribution < -0.4 is 4.74 Å². The van der Waals surface area contributed by atoms with Gasteiger partial charge in [0.25, 0.3) is 0 Å². The van der Waals surface area contributed by atoms with Gasteiger partial charge in [0, 0.05) is 41.4 Å². The minimum absolute atomic E-state index is 0.0945. The Morgan fingerprint density at radius 2 is 2.06 bits per heavy atom. The van der Waals surface area contributed by atoms with Crippen LogP contribution in [0.25, 0.3) is 10.9 Å². The maximum Gasteiger partial charge on any atom is 0.126 e. The zero-order valence-corrected chi connectivity index (χ0v) is 19.0. The van der Waals surface area contributed by atoms with E-state index in [1.165, 1.54) is 18.5 Å². The van der Waals surface area contributed by atoms with Gasteiger partial charge in [-0.2, -0.15) is 4.36 Å². The molecule has 168 valence electrons. The second kappa shape index (κ2) is 8.92. The van der Waals surface area contributed by atoms with Crippen LogP contribution in [0.15, 0.2) is 41.0 Å². The van der Waals surface area contributed by atoms with Crippen molar-refractivity contribution in [3.8, 4) is 5.75 Å². The molecule has 5 rings (SSSR count). The summed E-state index contributed by atoms with van der Waals surface area (Å²) in [5.41, 5.74) is 2.72. The summed E-state index contributed by atoms with van der Waals surface area (Å²) in [5, 5.41) is 1.15. The lowest BCUT2D eigenvalue weighted by Crippen LogP contribution is -2.17. The molecule has 3 aromatic rings. The van der Waals surface area contributed by atoms with Gasteiger partial charge in [-0.15, -0.1) is 0 Å². The van der Waals surface area contributed by atoms with E-state index in [1.54, 1.807) is 18.2 Å². The van der Waals surface area contributed by atoms with E-state index in [9.17, 15) is 8.60 Å². The Morgan fingerprint density at radius 1 is 1.22 bits per heavy atom. The van der Waals surface area contributed by atoms with Gasteiger partial charge in [-0.1, -0.05) is 17.7 Å². The molecule has 0 N–H and O–H groups in total. The highest BCUT2D eigenvalue weighted by atomic mass is 35.5. The van der Waals surface area contributed by atoms with Gasteiger partial charge in [-0.25, -0.2) is 18.6 Å². The summed E-state index contributed by atoms with van der Waals surface area (Å²) in [7, 11) is -2.21. The second-order valence-corrected chi connectivity index (χ2v) is 11.1. The molecule has 0 amide bonds. The number of rotatable bonds is 5. The van der Waals surface area contributed by atoms with E-state index in [4.69, 9.17) is 21.1 Å². The average Bonchev–Trinajstić information content (AvgIpc) is 3.42. The third-order valence-electron chi connectivity index (χ3n) is 5.77. The second-order valence-electron chi connectivity index (χ2n) is 8.15. The number of hydrogen-bond donors (Lipinski definition) is 0. The maximum absolute atomic E-state index is 13.9. The van der Waals surface area contributed by atoms with Crippen molar-refractivity contribution in [2.75, 3.05) is 24.7 Å². The summed E-state index contributed by atoms with van der Waals surface area (Å²) in [6.07, 6.45) is 4.42. The van der Waals surface area contributed by atoms with E-state index < -0.39 is 9.73 Å². The molecule has 1 atom stereocenters. The van der Waals surface area contributed by atoms with Crippen molar-refractivity contribution in [1.82, 2.24) is 9.97 Å². The minimum atomic E-state index is -2.21. The molecule has 0 aliphatic carbocycles. The average molecular weight is 476 g/mol. The van der Waals surface area contributed by atoms with Gasteiger partial charge in [0.15, 0.2) is 0 Å². The number of hydrogen-bond acceptors (Lipinski definition) is 6. The van der Waals surface area contributed by atoms with Crippen molar-refractivity contribution in [3.05, 3.63) is 58.8 Å². The van der Waals surface area contributed by atoms with E-state index in [-0.39, 0.29) is 11.9 Å². The van der Waals surface area contributed by atoms with Crippen molar-refractivity contribution in [2.45, 2.75) is 31.8 Å². The lowest BCUT2D eigenvalue weighted by atomic mass is 10.0. The lowest BCUT2D eigenvalue weighted by molar-refractivity contribution is 0.140. The lowest BCUT2D eigenvalue weighted by Gasteiger charge is -2.16. The molecule has 0 unspecified atom stereocenters. The SMILES string of the molecule is O=S1(=Nc2cc(Cl)c3c(Cc4ccc(F)cc4O[C@H]4CCOC4)ncnc3c2)CCCC1. The highest BCUT2D eigenvalue weighted by Crippen LogP contribution is 2.34. The van der Waals surface area contributed by atoms with Gasteiger partial charge in [0.2, 0.25) is 0 Å². The standard InChI is InChI=1S/C23H23ClFN3O3S/c24-19-11-17(28-32(29)7-1-2-8-32)12-21-23(19)20(26-14-27-21)9-15-3-4-16(25)10-22(15)31-18-5-6-30-13-18/h3-4,10-12,14,18H,1-2,5-9,13H2/t18-/m0/s1. The van der Waals surface area contributed by atoms with Gasteiger partial charge >= 0.3 is 0 Å². The minimum Gasteiger partial charge on any atom is -0.488 e. The number of benzene rings is 2. The molecular formula is C23H23ClFN3O3S. The fourth-order valence-electron chi connectivity index (χ4n) is 4.17. The van der Waals surface area contributed by atoms with Gasteiger partial charge < -0.3 is 9.47 Å². The molecule has 0 saturated carbocycles. The monoisotopic (exact) mass is 475 g/mol. The molecular weight excluding hydrogens is 453 g/mol. The normalized spacial score (nSPS) is 20.0. The van der Waals surface area contributed by atoms with Crippen LogP contribution in [-0.4, -0.2) is 45.0 Å². The number of fused-ring (bicyclic) bond motifs is 1. The van der Waals surface area contributed by atoms with Crippen LogP contribution in [-0.2, 0) is 20.9 Å². The summed E-state index contributed by atoms with van der Waals surface area (Å²) in [6, 6.07) is 8.03. The van der Waals surface area contributed by atoms with Gasteiger partial charge in [-0.3, -0.25) is 0 Å². The first-order valence-electron chi connectivity index (χ1n) is 10.7. The van der Waals surface area contributed by atoms with Crippen LogP contribution >= 0.6 is 11.6 Å². The van der Waals surface area contributed by atoms with E-state index in [1.807, 2.05) is 0 Å². The summed E-state index contributed by atoms with van der Waals surface area (Å²) >= 11 is 6.63. The van der Waals surface area contributed by atoms with Crippen LogP contribution in [0.3, 0.4) is 0 Å². The fraction of sp³-hybridized carbons (Fsp3) is 0.391. The van der Waals surface area contributed by atoms with Crippen LogP contribution in [0.5, 0.6) is 5.75 Å². The van der Waals surface area contributed by atoms with Crippen LogP contribution in [0.2, 0.25) is 5.02 Å². The van der Waals surface area contributed by atoms with Gasteiger partial charge in [0.1, 0.15) is 24.0 Å². The molecule has 3 heterocycles. The molecule has 1 aromatic heterocycles. The molecule has 2 aromatic carbocycles. The van der Waals surface area contributed by atoms with E-state index in [0.717, 1.165) is 24.8 Å². The van der Waals surface area contributed by atoms with Crippen LogP contribution in [0.4, 0.5) is 10.1 Å². The molecule has 2 aliphatic heterocycles. The van der Waals surface area contributed by atoms with Crippen molar-refractivity contribution in [1.29, 1.82) is 0 Å². The predicted molar refractivity (Wildman–Crippen MR) is 123 cm³/mol. The Morgan fingerprint density at radius 3 is 2.84 bits per heavy atom. The maximum atomic E-state index is 13.9. The first-order valence-corrected chi connectivity index (χ1v) is 12.9. The van der Waals surface area contributed by atoms with Crippen molar-refractivity contribution in [2.24, 2.45) is 4.36 Å². The van der Waals surface area contributed by atoms with Crippen molar-refractivity contribution in [3.63, 3.8) is 0 Å². The zero-order valence-electron chi connectivity index (χ0n) is 17.4. The Labute approximate surface area is 191 Å². The first-order chi connectivity index (χ1) is 15.5. The Kier molecular flexibility index (Phi) is 6.01. The molecule has 9 heteroatoms. The van der Waals surface area contributed by atoms with E-state index in [2.05, 4.69) is 14.3 Å². The van der Waals surface area contributed by atoms with Crippen LogP contribution in [0, 0.1) is 5.82 Å².